The van der Waals surface area contributed by atoms with Crippen LogP contribution < -0.4 is 5.56 Å². The van der Waals surface area contributed by atoms with Crippen molar-refractivity contribution in [2.75, 3.05) is 7.11 Å². The first-order chi connectivity index (χ1) is 13.3. The highest BCUT2D eigenvalue weighted by Gasteiger charge is 2.21. The van der Waals surface area contributed by atoms with Crippen LogP contribution in [0, 0.1) is 6.92 Å². The van der Waals surface area contributed by atoms with Gasteiger partial charge < -0.3 is 4.74 Å². The molecule has 3 rings (SSSR count). The number of carbonyl (C=O) groups excluding carboxylic acids is 1. The standard InChI is InChI=1S/C21H23ClN2O3S/c1-12(2)19-23-20-18(21(26)24(19)11-5-6-16(25)27-4)17(13(3)28-20)14-7-9-15(22)10-8-14/h7-10,12H,5-6,11H2,1-4H3. The fourth-order valence-corrected chi connectivity index (χ4v) is 4.48. The van der Waals surface area contributed by atoms with Crippen LogP contribution in [0.15, 0.2) is 29.1 Å². The number of aryl methyl sites for hydroxylation is 1. The molecule has 7 heteroatoms. The maximum atomic E-state index is 13.5. The van der Waals surface area contributed by atoms with Gasteiger partial charge in [0.05, 0.1) is 12.5 Å². The number of rotatable bonds is 6. The van der Waals surface area contributed by atoms with E-state index < -0.39 is 0 Å². The van der Waals surface area contributed by atoms with E-state index >= 15 is 0 Å². The summed E-state index contributed by atoms with van der Waals surface area (Å²) in [6, 6.07) is 7.50. The molecule has 0 aliphatic heterocycles. The Labute approximate surface area is 172 Å². The second-order valence-electron chi connectivity index (χ2n) is 6.98. The minimum atomic E-state index is -0.276. The van der Waals surface area contributed by atoms with Crippen LogP contribution in [-0.4, -0.2) is 22.6 Å². The number of esters is 1. The van der Waals surface area contributed by atoms with Crippen molar-refractivity contribution in [1.82, 2.24) is 9.55 Å². The summed E-state index contributed by atoms with van der Waals surface area (Å²) in [6.45, 7) is 6.47. The molecule has 1 aromatic carbocycles. The quantitative estimate of drug-likeness (QED) is 0.518. The molecule has 0 bridgehead atoms. The minimum absolute atomic E-state index is 0.0622. The minimum Gasteiger partial charge on any atom is -0.469 e. The largest absolute Gasteiger partial charge is 0.469 e. The van der Waals surface area contributed by atoms with Crippen LogP contribution in [0.1, 0.15) is 43.3 Å². The predicted octanol–water partition coefficient (Wildman–Crippen LogP) is 5.16. The van der Waals surface area contributed by atoms with Crippen molar-refractivity contribution in [3.05, 3.63) is 50.3 Å². The van der Waals surface area contributed by atoms with Gasteiger partial charge in [0.2, 0.25) is 0 Å². The molecule has 0 radical (unpaired) electrons. The highest BCUT2D eigenvalue weighted by molar-refractivity contribution is 7.19. The molecule has 3 aromatic rings. The van der Waals surface area contributed by atoms with Crippen LogP contribution >= 0.6 is 22.9 Å². The van der Waals surface area contributed by atoms with Crippen LogP contribution in [0.2, 0.25) is 5.02 Å². The molecule has 0 unspecified atom stereocenters. The molecule has 0 saturated carbocycles. The average molecular weight is 419 g/mol. The van der Waals surface area contributed by atoms with Crippen LogP contribution in [0.5, 0.6) is 0 Å². The number of ether oxygens (including phenoxy) is 1. The van der Waals surface area contributed by atoms with Crippen molar-refractivity contribution in [1.29, 1.82) is 0 Å². The summed E-state index contributed by atoms with van der Waals surface area (Å²) >= 11 is 7.56. The maximum absolute atomic E-state index is 13.5. The lowest BCUT2D eigenvalue weighted by Crippen LogP contribution is -2.26. The Balaban J connectivity index is 2.16. The molecule has 0 atom stereocenters. The summed E-state index contributed by atoms with van der Waals surface area (Å²) in [6.07, 6.45) is 0.796. The summed E-state index contributed by atoms with van der Waals surface area (Å²) in [5.41, 5.74) is 1.80. The second-order valence-corrected chi connectivity index (χ2v) is 8.62. The molecule has 0 N–H and O–H groups in total. The molecule has 0 amide bonds. The summed E-state index contributed by atoms with van der Waals surface area (Å²) in [5.74, 6) is 0.560. The van der Waals surface area contributed by atoms with Crippen LogP contribution in [0.4, 0.5) is 0 Å². The number of aromatic nitrogens is 2. The Morgan fingerprint density at radius 3 is 2.57 bits per heavy atom. The van der Waals surface area contributed by atoms with Gasteiger partial charge in [0.25, 0.3) is 5.56 Å². The number of fused-ring (bicyclic) bond motifs is 1. The van der Waals surface area contributed by atoms with E-state index in [1.807, 2.05) is 45.0 Å². The van der Waals surface area contributed by atoms with Gasteiger partial charge in [-0.25, -0.2) is 4.98 Å². The summed E-state index contributed by atoms with van der Waals surface area (Å²) in [4.78, 5) is 31.5. The normalized spacial score (nSPS) is 11.4. The van der Waals surface area contributed by atoms with Crippen molar-refractivity contribution in [3.63, 3.8) is 0 Å². The zero-order chi connectivity index (χ0) is 20.4. The number of hydrogen-bond donors (Lipinski definition) is 0. The zero-order valence-corrected chi connectivity index (χ0v) is 18.0. The Morgan fingerprint density at radius 2 is 1.96 bits per heavy atom. The molecule has 2 heterocycles. The number of halogens is 1. The fourth-order valence-electron chi connectivity index (χ4n) is 3.32. The summed E-state index contributed by atoms with van der Waals surface area (Å²) < 4.78 is 6.42. The number of thiophene rings is 1. The highest BCUT2D eigenvalue weighted by atomic mass is 35.5. The summed E-state index contributed by atoms with van der Waals surface area (Å²) in [7, 11) is 1.37. The van der Waals surface area contributed by atoms with Crippen molar-refractivity contribution in [2.45, 2.75) is 46.1 Å². The first kappa shape index (κ1) is 20.6. The smallest absolute Gasteiger partial charge is 0.305 e. The molecule has 0 fully saturated rings. The van der Waals surface area contributed by atoms with Crippen LogP contribution in [0.3, 0.4) is 0 Å². The third-order valence-electron chi connectivity index (χ3n) is 4.66. The molecular formula is C21H23ClN2O3S. The third kappa shape index (κ3) is 3.98. The van der Waals surface area contributed by atoms with Crippen molar-refractivity contribution in [2.24, 2.45) is 0 Å². The van der Waals surface area contributed by atoms with E-state index in [4.69, 9.17) is 21.3 Å². The first-order valence-corrected chi connectivity index (χ1v) is 10.4. The lowest BCUT2D eigenvalue weighted by Gasteiger charge is -2.15. The van der Waals surface area contributed by atoms with Gasteiger partial charge in [0, 0.05) is 34.3 Å². The van der Waals surface area contributed by atoms with Gasteiger partial charge in [-0.3, -0.25) is 14.2 Å². The van der Waals surface area contributed by atoms with Crippen molar-refractivity contribution < 1.29 is 9.53 Å². The van der Waals surface area contributed by atoms with Crippen molar-refractivity contribution >= 4 is 39.1 Å². The molecular weight excluding hydrogens is 396 g/mol. The molecule has 2 aromatic heterocycles. The van der Waals surface area contributed by atoms with E-state index in [0.717, 1.165) is 26.7 Å². The Hall–Kier alpha value is -2.18. The predicted molar refractivity (Wildman–Crippen MR) is 114 cm³/mol. The number of benzene rings is 1. The SMILES string of the molecule is COC(=O)CCCn1c(C(C)C)nc2sc(C)c(-c3ccc(Cl)cc3)c2c1=O. The summed E-state index contributed by atoms with van der Waals surface area (Å²) in [5, 5.41) is 1.29. The van der Waals surface area contributed by atoms with Crippen molar-refractivity contribution in [3.8, 4) is 11.1 Å². The van der Waals surface area contributed by atoms with E-state index in [0.29, 0.717) is 23.4 Å². The van der Waals surface area contributed by atoms with E-state index in [-0.39, 0.29) is 23.9 Å². The van der Waals surface area contributed by atoms with Gasteiger partial charge in [0.15, 0.2) is 0 Å². The van der Waals surface area contributed by atoms with E-state index in [1.165, 1.54) is 18.4 Å². The maximum Gasteiger partial charge on any atom is 0.305 e. The van der Waals surface area contributed by atoms with E-state index in [2.05, 4.69) is 0 Å². The van der Waals surface area contributed by atoms with Crippen LogP contribution in [0.25, 0.3) is 21.3 Å². The molecule has 0 spiro atoms. The topological polar surface area (TPSA) is 61.2 Å². The number of methoxy groups -OCH3 is 1. The van der Waals surface area contributed by atoms with Gasteiger partial charge in [-0.05, 0) is 31.0 Å². The number of hydrogen-bond acceptors (Lipinski definition) is 5. The number of carbonyl (C=O) groups is 1. The molecule has 148 valence electrons. The van der Waals surface area contributed by atoms with Gasteiger partial charge in [0.1, 0.15) is 10.7 Å². The van der Waals surface area contributed by atoms with E-state index in [9.17, 15) is 9.59 Å². The van der Waals surface area contributed by atoms with Crippen LogP contribution in [-0.2, 0) is 16.1 Å². The highest BCUT2D eigenvalue weighted by Crippen LogP contribution is 2.36. The fraction of sp³-hybridized carbons (Fsp3) is 0.381. The Bertz CT molecular complexity index is 1070. The molecule has 28 heavy (non-hydrogen) atoms. The lowest BCUT2D eigenvalue weighted by molar-refractivity contribution is -0.140. The van der Waals surface area contributed by atoms with Gasteiger partial charge in [-0.2, -0.15) is 0 Å². The van der Waals surface area contributed by atoms with Gasteiger partial charge in [-0.1, -0.05) is 37.6 Å². The first-order valence-electron chi connectivity index (χ1n) is 9.20. The van der Waals surface area contributed by atoms with E-state index in [1.54, 1.807) is 4.57 Å². The third-order valence-corrected chi connectivity index (χ3v) is 5.91. The second kappa shape index (κ2) is 8.45. The van der Waals surface area contributed by atoms with Gasteiger partial charge in [-0.15, -0.1) is 11.3 Å². The molecule has 0 aliphatic rings. The molecule has 0 saturated heterocycles. The van der Waals surface area contributed by atoms with Gasteiger partial charge >= 0.3 is 5.97 Å². The Kier molecular flexibility index (Phi) is 6.20. The molecule has 0 aliphatic carbocycles. The average Bonchev–Trinajstić information content (AvgIpc) is 3.00. The monoisotopic (exact) mass is 418 g/mol. The lowest BCUT2D eigenvalue weighted by atomic mass is 10.0. The molecule has 5 nitrogen and oxygen atoms in total. The number of nitrogens with zero attached hydrogens (tertiary/aromatic N) is 2. The zero-order valence-electron chi connectivity index (χ0n) is 16.4. The Morgan fingerprint density at radius 1 is 1.29 bits per heavy atom.